The summed E-state index contributed by atoms with van der Waals surface area (Å²) in [6.45, 7) is 6.30. The largest absolute Gasteiger partial charge is 0.490 e. The van der Waals surface area contributed by atoms with Crippen LogP contribution in [0.1, 0.15) is 47.9 Å². The maximum atomic E-state index is 11.4. The molecule has 0 saturated carbocycles. The van der Waals surface area contributed by atoms with Crippen LogP contribution in [0.2, 0.25) is 0 Å². The van der Waals surface area contributed by atoms with E-state index in [9.17, 15) is 9.90 Å². The molecular weight excluding hydrogens is 326 g/mol. The van der Waals surface area contributed by atoms with E-state index >= 15 is 0 Å². The van der Waals surface area contributed by atoms with Crippen LogP contribution in [0, 0.1) is 0 Å². The lowest BCUT2D eigenvalue weighted by Crippen LogP contribution is -2.10. The first-order valence-corrected chi connectivity index (χ1v) is 8.39. The van der Waals surface area contributed by atoms with Crippen LogP contribution in [-0.2, 0) is 4.74 Å². The second-order valence-corrected chi connectivity index (χ2v) is 6.43. The van der Waals surface area contributed by atoms with Crippen molar-refractivity contribution in [3.8, 4) is 5.75 Å². The molecule has 0 saturated heterocycles. The van der Waals surface area contributed by atoms with E-state index in [1.54, 1.807) is 5.38 Å². The van der Waals surface area contributed by atoms with Gasteiger partial charge in [-0.1, -0.05) is 17.7 Å². The maximum absolute atomic E-state index is 11.4. The number of carbonyl (C=O) groups excluding carboxylic acids is 1. The van der Waals surface area contributed by atoms with Gasteiger partial charge in [0.1, 0.15) is 23.5 Å². The predicted octanol–water partition coefficient (Wildman–Crippen LogP) is 3.86. The third-order valence-corrected chi connectivity index (χ3v) is 4.59. The Labute approximate surface area is 145 Å². The summed E-state index contributed by atoms with van der Waals surface area (Å²) in [5.41, 5.74) is 3.84. The van der Waals surface area contributed by atoms with Gasteiger partial charge in [0, 0.05) is 5.38 Å². The van der Waals surface area contributed by atoms with Gasteiger partial charge in [0.05, 0.1) is 7.11 Å². The van der Waals surface area contributed by atoms with Gasteiger partial charge in [-0.05, 0) is 44.0 Å². The number of aliphatic hydroxyl groups is 1. The summed E-state index contributed by atoms with van der Waals surface area (Å²) < 4.78 is 10.2. The first-order chi connectivity index (χ1) is 11.4. The summed E-state index contributed by atoms with van der Waals surface area (Å²) >= 11 is 1.20. The number of thiazole rings is 1. The highest BCUT2D eigenvalue weighted by molar-refractivity contribution is 7.09. The van der Waals surface area contributed by atoms with E-state index < -0.39 is 12.1 Å². The zero-order valence-corrected chi connectivity index (χ0v) is 15.0. The van der Waals surface area contributed by atoms with E-state index in [1.165, 1.54) is 29.6 Å². The van der Waals surface area contributed by atoms with Crippen LogP contribution in [0.5, 0.6) is 5.75 Å². The molecule has 0 amide bonds. The summed E-state index contributed by atoms with van der Waals surface area (Å²) in [7, 11) is 1.29. The summed E-state index contributed by atoms with van der Waals surface area (Å²) in [5, 5.41) is 12.1. The number of benzene rings is 1. The third kappa shape index (κ3) is 4.43. The molecule has 1 N–H and O–H groups in total. The Hall–Kier alpha value is -2.18. The second kappa shape index (κ2) is 8.08. The molecule has 0 aliphatic carbocycles. The summed E-state index contributed by atoms with van der Waals surface area (Å²) in [6.07, 6.45) is -0.896. The highest BCUT2D eigenvalue weighted by Gasteiger charge is 2.17. The normalized spacial score (nSPS) is 11.7. The van der Waals surface area contributed by atoms with E-state index in [4.69, 9.17) is 4.74 Å². The first-order valence-electron chi connectivity index (χ1n) is 7.51. The molecule has 24 heavy (non-hydrogen) atoms. The van der Waals surface area contributed by atoms with Crippen molar-refractivity contribution in [2.45, 2.75) is 26.9 Å². The Bertz CT molecular complexity index is 730. The fraction of sp³-hybridized carbons (Fsp3) is 0.333. The number of hydrogen-bond acceptors (Lipinski definition) is 6. The molecule has 0 bridgehead atoms. The number of aromatic nitrogens is 1. The van der Waals surface area contributed by atoms with E-state index in [-0.39, 0.29) is 12.3 Å². The molecule has 1 aromatic heterocycles. The quantitative estimate of drug-likeness (QED) is 0.804. The Morgan fingerprint density at radius 2 is 1.92 bits per heavy atom. The molecule has 1 aromatic carbocycles. The van der Waals surface area contributed by atoms with E-state index in [0.29, 0.717) is 10.8 Å². The molecule has 0 spiro atoms. The van der Waals surface area contributed by atoms with Crippen molar-refractivity contribution in [2.75, 3.05) is 13.7 Å². The molecule has 128 valence electrons. The zero-order chi connectivity index (χ0) is 17.7. The number of ether oxygens (including phenoxy) is 2. The number of aliphatic hydroxyl groups excluding tert-OH is 1. The number of esters is 1. The molecule has 0 aliphatic rings. The summed E-state index contributed by atoms with van der Waals surface area (Å²) in [6, 6.07) is 7.72. The van der Waals surface area contributed by atoms with Crippen molar-refractivity contribution in [3.63, 3.8) is 0 Å². The lowest BCUT2D eigenvalue weighted by atomic mass is 10.0. The minimum atomic E-state index is -0.896. The van der Waals surface area contributed by atoms with Crippen LogP contribution in [0.15, 0.2) is 35.2 Å². The van der Waals surface area contributed by atoms with Gasteiger partial charge in [-0.3, -0.25) is 0 Å². The fourth-order valence-corrected chi connectivity index (χ4v) is 2.73. The van der Waals surface area contributed by atoms with Crippen LogP contribution < -0.4 is 4.74 Å². The van der Waals surface area contributed by atoms with Crippen LogP contribution in [-0.4, -0.2) is 29.8 Å². The molecule has 5 nitrogen and oxygen atoms in total. The Balaban J connectivity index is 1.96. The van der Waals surface area contributed by atoms with Crippen LogP contribution in [0.4, 0.5) is 0 Å². The molecule has 0 aliphatic heterocycles. The molecule has 2 rings (SSSR count). The molecule has 1 atom stereocenters. The molecule has 0 fully saturated rings. The Kier molecular flexibility index (Phi) is 6.11. The molecule has 1 heterocycles. The highest BCUT2D eigenvalue weighted by atomic mass is 32.1. The van der Waals surface area contributed by atoms with Crippen molar-refractivity contribution in [1.82, 2.24) is 4.98 Å². The first kappa shape index (κ1) is 18.2. The molecule has 6 heteroatoms. The number of methoxy groups -OCH3 is 1. The average molecular weight is 347 g/mol. The lowest BCUT2D eigenvalue weighted by molar-refractivity contribution is 0.0593. The molecule has 0 radical (unpaired) electrons. The smallest absolute Gasteiger partial charge is 0.357 e. The maximum Gasteiger partial charge on any atom is 0.357 e. The summed E-state index contributed by atoms with van der Waals surface area (Å²) in [4.78, 5) is 15.4. The van der Waals surface area contributed by atoms with Gasteiger partial charge >= 0.3 is 5.97 Å². The van der Waals surface area contributed by atoms with E-state index in [1.807, 2.05) is 24.3 Å². The minimum Gasteiger partial charge on any atom is -0.490 e. The van der Waals surface area contributed by atoms with Gasteiger partial charge < -0.3 is 14.6 Å². The zero-order valence-electron chi connectivity index (χ0n) is 14.2. The van der Waals surface area contributed by atoms with Crippen molar-refractivity contribution >= 4 is 22.9 Å². The topological polar surface area (TPSA) is 68.7 Å². The molecular formula is C18H21NO4S. The van der Waals surface area contributed by atoms with Gasteiger partial charge in [0.2, 0.25) is 0 Å². The highest BCUT2D eigenvalue weighted by Crippen LogP contribution is 2.23. The Morgan fingerprint density at radius 3 is 2.50 bits per heavy atom. The fourth-order valence-electron chi connectivity index (χ4n) is 1.98. The molecule has 1 unspecified atom stereocenters. The third-order valence-electron chi connectivity index (χ3n) is 3.65. The van der Waals surface area contributed by atoms with Crippen molar-refractivity contribution in [2.24, 2.45) is 0 Å². The van der Waals surface area contributed by atoms with Crippen LogP contribution in [0.3, 0.4) is 0 Å². The second-order valence-electron chi connectivity index (χ2n) is 5.54. The summed E-state index contributed by atoms with van der Waals surface area (Å²) in [5.74, 6) is 0.153. The average Bonchev–Trinajstić information content (AvgIpc) is 3.08. The van der Waals surface area contributed by atoms with Gasteiger partial charge in [-0.25, -0.2) is 9.78 Å². The Morgan fingerprint density at radius 1 is 1.25 bits per heavy atom. The minimum absolute atomic E-state index is 0.0646. The van der Waals surface area contributed by atoms with Crippen LogP contribution in [0.25, 0.3) is 5.57 Å². The monoisotopic (exact) mass is 347 g/mol. The lowest BCUT2D eigenvalue weighted by Gasteiger charge is -2.11. The number of rotatable bonds is 6. The van der Waals surface area contributed by atoms with Gasteiger partial charge in [-0.15, -0.1) is 11.3 Å². The van der Waals surface area contributed by atoms with E-state index in [0.717, 1.165) is 5.56 Å². The van der Waals surface area contributed by atoms with E-state index in [2.05, 4.69) is 30.5 Å². The van der Waals surface area contributed by atoms with Gasteiger partial charge in [0.25, 0.3) is 0 Å². The van der Waals surface area contributed by atoms with Crippen LogP contribution >= 0.6 is 11.3 Å². The van der Waals surface area contributed by atoms with Gasteiger partial charge in [-0.2, -0.15) is 0 Å². The standard InChI is InChI=1S/C18H21NO4S/c1-11(2)12(3)13-5-7-14(8-6-13)23-9-16(20)17-19-15(10-24-17)18(21)22-4/h5-8,10,16,20H,9H2,1-4H3. The van der Waals surface area contributed by atoms with Crippen molar-refractivity contribution in [1.29, 1.82) is 0 Å². The molecule has 2 aromatic rings. The number of carbonyl (C=O) groups is 1. The van der Waals surface area contributed by atoms with Crippen molar-refractivity contribution < 1.29 is 19.4 Å². The van der Waals surface area contributed by atoms with Gasteiger partial charge in [0.15, 0.2) is 5.69 Å². The number of allylic oxidation sites excluding steroid dienone is 2. The van der Waals surface area contributed by atoms with Crippen molar-refractivity contribution in [3.05, 3.63) is 51.5 Å². The number of hydrogen-bond donors (Lipinski definition) is 1. The predicted molar refractivity (Wildman–Crippen MR) is 94.3 cm³/mol. The number of nitrogens with zero attached hydrogens (tertiary/aromatic N) is 1. The SMILES string of the molecule is COC(=O)c1csc(C(O)COc2ccc(C(C)=C(C)C)cc2)n1.